The van der Waals surface area contributed by atoms with E-state index < -0.39 is 0 Å². The second kappa shape index (κ2) is 5.53. The summed E-state index contributed by atoms with van der Waals surface area (Å²) in [7, 11) is 0. The lowest BCUT2D eigenvalue weighted by Crippen LogP contribution is -2.02. The molecule has 0 spiro atoms. The lowest BCUT2D eigenvalue weighted by atomic mass is 10.1. The van der Waals surface area contributed by atoms with Crippen molar-refractivity contribution in [2.45, 2.75) is 32.6 Å². The molecule has 2 N–H and O–H groups in total. The van der Waals surface area contributed by atoms with Crippen LogP contribution in [-0.2, 0) is 6.42 Å². The van der Waals surface area contributed by atoms with Crippen molar-refractivity contribution in [2.75, 3.05) is 5.73 Å². The van der Waals surface area contributed by atoms with Gasteiger partial charge in [0.05, 0.1) is 5.69 Å². The molecule has 0 saturated heterocycles. The first-order valence-electron chi connectivity index (χ1n) is 6.21. The zero-order valence-corrected chi connectivity index (χ0v) is 10.3. The summed E-state index contributed by atoms with van der Waals surface area (Å²) in [5.74, 6) is 0.598. The first kappa shape index (κ1) is 11.7. The largest absolute Gasteiger partial charge is 0.382 e. The van der Waals surface area contributed by atoms with Gasteiger partial charge in [-0.2, -0.15) is 5.10 Å². The number of nitrogens with zero attached hydrogens (tertiary/aromatic N) is 2. The van der Waals surface area contributed by atoms with Gasteiger partial charge in [-0.15, -0.1) is 0 Å². The van der Waals surface area contributed by atoms with Crippen LogP contribution in [0.4, 0.5) is 5.82 Å². The molecule has 17 heavy (non-hydrogen) atoms. The zero-order chi connectivity index (χ0) is 12.1. The summed E-state index contributed by atoms with van der Waals surface area (Å²) in [6, 6.07) is 12.1. The van der Waals surface area contributed by atoms with Crippen LogP contribution in [0.25, 0.3) is 5.69 Å². The average molecular weight is 229 g/mol. The molecule has 0 unspecified atom stereocenters. The Labute approximate surface area is 102 Å². The molecule has 3 heteroatoms. The highest BCUT2D eigenvalue weighted by molar-refractivity contribution is 5.38. The molecule has 0 aliphatic carbocycles. The van der Waals surface area contributed by atoms with E-state index in [0.29, 0.717) is 5.82 Å². The number of anilines is 1. The summed E-state index contributed by atoms with van der Waals surface area (Å²) in [5, 5.41) is 4.35. The maximum absolute atomic E-state index is 5.79. The first-order valence-corrected chi connectivity index (χ1v) is 6.21. The Morgan fingerprint density at radius 1 is 1.18 bits per heavy atom. The Morgan fingerprint density at radius 2 is 1.94 bits per heavy atom. The van der Waals surface area contributed by atoms with Crippen LogP contribution in [0.1, 0.15) is 31.9 Å². The van der Waals surface area contributed by atoms with Crippen molar-refractivity contribution in [1.29, 1.82) is 0 Å². The summed E-state index contributed by atoms with van der Waals surface area (Å²) in [6.45, 7) is 2.21. The maximum Gasteiger partial charge on any atom is 0.146 e. The van der Waals surface area contributed by atoms with Gasteiger partial charge in [-0.1, -0.05) is 38.0 Å². The van der Waals surface area contributed by atoms with Crippen molar-refractivity contribution in [3.8, 4) is 5.69 Å². The Kier molecular flexibility index (Phi) is 3.81. The van der Waals surface area contributed by atoms with Gasteiger partial charge in [0, 0.05) is 11.8 Å². The number of rotatable bonds is 5. The van der Waals surface area contributed by atoms with Crippen LogP contribution in [0.5, 0.6) is 0 Å². The normalized spacial score (nSPS) is 10.6. The second-order valence-electron chi connectivity index (χ2n) is 4.26. The first-order chi connectivity index (χ1) is 8.31. The van der Waals surface area contributed by atoms with Crippen molar-refractivity contribution in [1.82, 2.24) is 9.78 Å². The molecule has 90 valence electrons. The fourth-order valence-corrected chi connectivity index (χ4v) is 1.97. The molecule has 3 nitrogen and oxygen atoms in total. The number of aryl methyl sites for hydroxylation is 1. The molecule has 1 aromatic carbocycles. The molecule has 0 fully saturated rings. The van der Waals surface area contributed by atoms with Crippen molar-refractivity contribution in [3.05, 3.63) is 42.1 Å². The summed E-state index contributed by atoms with van der Waals surface area (Å²) in [6.07, 6.45) is 4.70. The van der Waals surface area contributed by atoms with E-state index in [2.05, 4.69) is 24.2 Å². The van der Waals surface area contributed by atoms with Gasteiger partial charge in [0.2, 0.25) is 0 Å². The molecular formula is C14H19N3. The fraction of sp³-hybridized carbons (Fsp3) is 0.357. The smallest absolute Gasteiger partial charge is 0.146 e. The van der Waals surface area contributed by atoms with Gasteiger partial charge in [-0.05, 0) is 25.0 Å². The summed E-state index contributed by atoms with van der Waals surface area (Å²) >= 11 is 0. The number of benzene rings is 1. The van der Waals surface area contributed by atoms with Crippen LogP contribution in [0, 0.1) is 0 Å². The fourth-order valence-electron chi connectivity index (χ4n) is 1.97. The molecule has 0 aliphatic rings. The number of nitrogens with two attached hydrogens (primary N) is 1. The number of nitrogen functional groups attached to an aromatic ring is 1. The summed E-state index contributed by atoms with van der Waals surface area (Å²) < 4.78 is 1.95. The topological polar surface area (TPSA) is 43.8 Å². The van der Waals surface area contributed by atoms with Crippen LogP contribution in [0.15, 0.2) is 36.4 Å². The number of aromatic nitrogens is 2. The van der Waals surface area contributed by atoms with Crippen LogP contribution in [0.2, 0.25) is 0 Å². The highest BCUT2D eigenvalue weighted by Gasteiger charge is 2.07. The lowest BCUT2D eigenvalue weighted by molar-refractivity contribution is 0.685. The van der Waals surface area contributed by atoms with Crippen molar-refractivity contribution in [2.24, 2.45) is 0 Å². The molecule has 1 heterocycles. The molecule has 0 bridgehead atoms. The van der Waals surface area contributed by atoms with Crippen LogP contribution in [0.3, 0.4) is 0 Å². The SMILES string of the molecule is CCCCCc1cc(N)nn1-c1ccccc1. The van der Waals surface area contributed by atoms with Gasteiger partial charge < -0.3 is 5.73 Å². The van der Waals surface area contributed by atoms with E-state index in [0.717, 1.165) is 12.1 Å². The third-order valence-electron chi connectivity index (χ3n) is 2.84. The Balaban J connectivity index is 2.22. The molecule has 0 amide bonds. The monoisotopic (exact) mass is 229 g/mol. The van der Waals surface area contributed by atoms with Gasteiger partial charge in [0.1, 0.15) is 5.82 Å². The van der Waals surface area contributed by atoms with E-state index >= 15 is 0 Å². The van der Waals surface area contributed by atoms with Gasteiger partial charge >= 0.3 is 0 Å². The predicted molar refractivity (Wildman–Crippen MR) is 71.2 cm³/mol. The van der Waals surface area contributed by atoms with E-state index in [-0.39, 0.29) is 0 Å². The predicted octanol–water partition coefficient (Wildman–Crippen LogP) is 3.19. The minimum absolute atomic E-state index is 0.598. The van der Waals surface area contributed by atoms with Crippen LogP contribution in [-0.4, -0.2) is 9.78 Å². The molecule has 2 rings (SSSR count). The number of hydrogen-bond donors (Lipinski definition) is 1. The highest BCUT2D eigenvalue weighted by Crippen LogP contribution is 2.16. The van der Waals surface area contributed by atoms with E-state index in [1.54, 1.807) is 0 Å². The lowest BCUT2D eigenvalue weighted by Gasteiger charge is -2.06. The molecule has 0 aliphatic heterocycles. The van der Waals surface area contributed by atoms with Crippen LogP contribution >= 0.6 is 0 Å². The van der Waals surface area contributed by atoms with Crippen molar-refractivity contribution in [3.63, 3.8) is 0 Å². The highest BCUT2D eigenvalue weighted by atomic mass is 15.3. The summed E-state index contributed by atoms with van der Waals surface area (Å²) in [4.78, 5) is 0. The van der Waals surface area contributed by atoms with E-state index in [1.165, 1.54) is 25.0 Å². The zero-order valence-electron chi connectivity index (χ0n) is 10.3. The number of hydrogen-bond acceptors (Lipinski definition) is 2. The minimum Gasteiger partial charge on any atom is -0.382 e. The minimum atomic E-state index is 0.598. The Morgan fingerprint density at radius 3 is 2.65 bits per heavy atom. The standard InChI is InChI=1S/C14H19N3/c1-2-3-5-10-13-11-14(15)16-17(13)12-8-6-4-7-9-12/h4,6-9,11H,2-3,5,10H2,1H3,(H2,15,16). The Hall–Kier alpha value is -1.77. The van der Waals surface area contributed by atoms with Gasteiger partial charge in [-0.25, -0.2) is 4.68 Å². The quantitative estimate of drug-likeness (QED) is 0.800. The molecule has 0 atom stereocenters. The van der Waals surface area contributed by atoms with Gasteiger partial charge in [0.25, 0.3) is 0 Å². The molecular weight excluding hydrogens is 210 g/mol. The third-order valence-corrected chi connectivity index (χ3v) is 2.84. The van der Waals surface area contributed by atoms with Crippen LogP contribution < -0.4 is 5.73 Å². The molecule has 2 aromatic rings. The van der Waals surface area contributed by atoms with Crippen molar-refractivity contribution < 1.29 is 0 Å². The van der Waals surface area contributed by atoms with E-state index in [4.69, 9.17) is 5.73 Å². The van der Waals surface area contributed by atoms with E-state index in [1.807, 2.05) is 28.9 Å². The van der Waals surface area contributed by atoms with E-state index in [9.17, 15) is 0 Å². The van der Waals surface area contributed by atoms with Gasteiger partial charge in [0.15, 0.2) is 0 Å². The van der Waals surface area contributed by atoms with Gasteiger partial charge in [-0.3, -0.25) is 0 Å². The Bertz CT molecular complexity index is 460. The number of para-hydroxylation sites is 1. The maximum atomic E-state index is 5.79. The number of unbranched alkanes of at least 4 members (excludes halogenated alkanes) is 2. The molecule has 0 saturated carbocycles. The molecule has 0 radical (unpaired) electrons. The summed E-state index contributed by atoms with van der Waals surface area (Å²) in [5.41, 5.74) is 8.06. The second-order valence-corrected chi connectivity index (χ2v) is 4.26. The molecule has 1 aromatic heterocycles. The average Bonchev–Trinajstić information content (AvgIpc) is 2.72. The van der Waals surface area contributed by atoms with Crippen molar-refractivity contribution >= 4 is 5.82 Å². The third kappa shape index (κ3) is 2.87.